The summed E-state index contributed by atoms with van der Waals surface area (Å²) in [6, 6.07) is 0. The van der Waals surface area contributed by atoms with Gasteiger partial charge < -0.3 is 14.7 Å². The van der Waals surface area contributed by atoms with Crippen molar-refractivity contribution in [3.05, 3.63) is 0 Å². The first-order valence-corrected chi connectivity index (χ1v) is 4.98. The molecule has 0 aromatic rings. The van der Waals surface area contributed by atoms with E-state index in [0.29, 0.717) is 26.1 Å². The summed E-state index contributed by atoms with van der Waals surface area (Å²) in [5.74, 6) is -1.14. The van der Waals surface area contributed by atoms with E-state index in [1.807, 2.05) is 4.90 Å². The summed E-state index contributed by atoms with van der Waals surface area (Å²) in [5.41, 5.74) is 0. The number of carboxylic acids is 1. The molecule has 1 N–H and O–H groups in total. The van der Waals surface area contributed by atoms with Crippen LogP contribution in [-0.2, 0) is 9.53 Å². The molecule has 0 saturated carbocycles. The fourth-order valence-corrected chi connectivity index (χ4v) is 1.49. The quantitative estimate of drug-likeness (QED) is 0.704. The Morgan fingerprint density at radius 3 is 2.56 bits per heavy atom. The number of likely N-dealkylation sites (tertiary alicyclic amines) is 1. The van der Waals surface area contributed by atoms with E-state index in [-0.39, 0.29) is 12.5 Å². The fraction of sp³-hybridized carbons (Fsp3) is 0.889. The Labute approximate surface area is 91.0 Å². The summed E-state index contributed by atoms with van der Waals surface area (Å²) in [7, 11) is 0. The Balaban J connectivity index is 1.92. The Morgan fingerprint density at radius 2 is 2.06 bits per heavy atom. The normalized spacial score (nSPS) is 18.4. The number of rotatable bonds is 6. The fourth-order valence-electron chi connectivity index (χ4n) is 1.49. The monoisotopic (exact) mass is 241 g/mol. The van der Waals surface area contributed by atoms with Crippen LogP contribution in [0.25, 0.3) is 0 Å². The standard InChI is InChI=1S/C9H14F3NO3/c10-9(11,12)6-16-3-1-2-13-4-7(5-13)8(14)15/h7H,1-6H2,(H,14,15). The third-order valence-electron chi connectivity index (χ3n) is 2.34. The zero-order valence-corrected chi connectivity index (χ0v) is 8.66. The van der Waals surface area contributed by atoms with Gasteiger partial charge in [0.2, 0.25) is 0 Å². The van der Waals surface area contributed by atoms with Gasteiger partial charge in [-0.15, -0.1) is 0 Å². The highest BCUT2D eigenvalue weighted by atomic mass is 19.4. The third kappa shape index (κ3) is 4.80. The average Bonchev–Trinajstić information content (AvgIpc) is 2.04. The highest BCUT2D eigenvalue weighted by molar-refractivity contribution is 5.71. The molecule has 0 radical (unpaired) electrons. The maximum Gasteiger partial charge on any atom is 0.411 e. The van der Waals surface area contributed by atoms with Gasteiger partial charge in [-0.05, 0) is 6.42 Å². The number of hydrogen-bond acceptors (Lipinski definition) is 3. The summed E-state index contributed by atoms with van der Waals surface area (Å²) < 4.78 is 39.4. The minimum atomic E-state index is -4.27. The molecule has 0 unspecified atom stereocenters. The van der Waals surface area contributed by atoms with Crippen molar-refractivity contribution in [2.24, 2.45) is 5.92 Å². The second kappa shape index (κ2) is 5.49. The first-order valence-electron chi connectivity index (χ1n) is 4.98. The van der Waals surface area contributed by atoms with Gasteiger partial charge in [-0.25, -0.2) is 0 Å². The van der Waals surface area contributed by atoms with Gasteiger partial charge >= 0.3 is 12.1 Å². The molecule has 4 nitrogen and oxygen atoms in total. The van der Waals surface area contributed by atoms with E-state index in [0.717, 1.165) is 0 Å². The van der Waals surface area contributed by atoms with Crippen molar-refractivity contribution in [1.29, 1.82) is 0 Å². The SMILES string of the molecule is O=C(O)C1CN(CCCOCC(F)(F)F)C1. The molecule has 1 heterocycles. The number of nitrogens with zero attached hydrogens (tertiary/aromatic N) is 1. The number of carbonyl (C=O) groups is 1. The minimum absolute atomic E-state index is 0.0494. The van der Waals surface area contributed by atoms with Crippen molar-refractivity contribution in [3.8, 4) is 0 Å². The summed E-state index contributed by atoms with van der Waals surface area (Å²) >= 11 is 0. The van der Waals surface area contributed by atoms with E-state index in [4.69, 9.17) is 5.11 Å². The lowest BCUT2D eigenvalue weighted by Gasteiger charge is -2.36. The molecule has 0 spiro atoms. The van der Waals surface area contributed by atoms with Gasteiger partial charge in [-0.1, -0.05) is 0 Å². The molecular weight excluding hydrogens is 227 g/mol. The van der Waals surface area contributed by atoms with Crippen molar-refractivity contribution < 1.29 is 27.8 Å². The highest BCUT2D eigenvalue weighted by Crippen LogP contribution is 2.16. The van der Waals surface area contributed by atoms with E-state index in [2.05, 4.69) is 4.74 Å². The maximum absolute atomic E-state index is 11.7. The van der Waals surface area contributed by atoms with Gasteiger partial charge in [-0.3, -0.25) is 4.79 Å². The van der Waals surface area contributed by atoms with Gasteiger partial charge in [0.15, 0.2) is 0 Å². The van der Waals surface area contributed by atoms with E-state index < -0.39 is 18.8 Å². The lowest BCUT2D eigenvalue weighted by Crippen LogP contribution is -2.50. The Bertz CT molecular complexity index is 239. The van der Waals surface area contributed by atoms with Gasteiger partial charge in [0.1, 0.15) is 6.61 Å². The molecule has 0 bridgehead atoms. The molecule has 1 fully saturated rings. The van der Waals surface area contributed by atoms with Crippen LogP contribution in [0.3, 0.4) is 0 Å². The molecule has 0 atom stereocenters. The number of hydrogen-bond donors (Lipinski definition) is 1. The topological polar surface area (TPSA) is 49.8 Å². The number of ether oxygens (including phenoxy) is 1. The van der Waals surface area contributed by atoms with Crippen LogP contribution in [0, 0.1) is 5.92 Å². The molecule has 1 saturated heterocycles. The van der Waals surface area contributed by atoms with Crippen molar-refractivity contribution in [3.63, 3.8) is 0 Å². The number of alkyl halides is 3. The van der Waals surface area contributed by atoms with E-state index in [1.165, 1.54) is 0 Å². The summed E-state index contributed by atoms with van der Waals surface area (Å²) in [4.78, 5) is 12.3. The van der Waals surface area contributed by atoms with Gasteiger partial charge in [-0.2, -0.15) is 13.2 Å². The van der Waals surface area contributed by atoms with Crippen molar-refractivity contribution >= 4 is 5.97 Å². The van der Waals surface area contributed by atoms with E-state index >= 15 is 0 Å². The summed E-state index contributed by atoms with van der Waals surface area (Å²) in [6.45, 7) is 0.378. The largest absolute Gasteiger partial charge is 0.481 e. The van der Waals surface area contributed by atoms with Crippen molar-refractivity contribution in [2.45, 2.75) is 12.6 Å². The number of aliphatic carboxylic acids is 1. The van der Waals surface area contributed by atoms with Crippen LogP contribution in [0.5, 0.6) is 0 Å². The smallest absolute Gasteiger partial charge is 0.411 e. The number of halogens is 3. The van der Waals surface area contributed by atoms with Crippen molar-refractivity contribution in [2.75, 3.05) is 32.8 Å². The first-order chi connectivity index (χ1) is 7.38. The van der Waals surface area contributed by atoms with Crippen molar-refractivity contribution in [1.82, 2.24) is 4.90 Å². The molecular formula is C9H14F3NO3. The van der Waals surface area contributed by atoms with Gasteiger partial charge in [0.25, 0.3) is 0 Å². The molecule has 0 aromatic carbocycles. The van der Waals surface area contributed by atoms with E-state index in [1.54, 1.807) is 0 Å². The van der Waals surface area contributed by atoms with Gasteiger partial charge in [0.05, 0.1) is 5.92 Å². The molecule has 1 aliphatic rings. The third-order valence-corrected chi connectivity index (χ3v) is 2.34. The van der Waals surface area contributed by atoms with Crippen LogP contribution in [0.4, 0.5) is 13.2 Å². The highest BCUT2D eigenvalue weighted by Gasteiger charge is 2.32. The maximum atomic E-state index is 11.7. The van der Waals surface area contributed by atoms with Crippen LogP contribution >= 0.6 is 0 Å². The van der Waals surface area contributed by atoms with Crippen LogP contribution in [-0.4, -0.2) is 55.0 Å². The summed E-state index contributed by atoms with van der Waals surface area (Å²) in [6.07, 6.45) is -3.78. The minimum Gasteiger partial charge on any atom is -0.481 e. The molecule has 94 valence electrons. The second-order valence-corrected chi connectivity index (χ2v) is 3.82. The lowest BCUT2D eigenvalue weighted by atomic mass is 10.0. The Kier molecular flexibility index (Phi) is 4.55. The Morgan fingerprint density at radius 1 is 1.44 bits per heavy atom. The van der Waals surface area contributed by atoms with Crippen LogP contribution in [0.2, 0.25) is 0 Å². The molecule has 0 aliphatic carbocycles. The zero-order valence-electron chi connectivity index (χ0n) is 8.66. The summed E-state index contributed by atoms with van der Waals surface area (Å²) in [5, 5.41) is 8.57. The zero-order chi connectivity index (χ0) is 12.2. The van der Waals surface area contributed by atoms with Crippen LogP contribution < -0.4 is 0 Å². The molecule has 16 heavy (non-hydrogen) atoms. The first kappa shape index (κ1) is 13.2. The number of carboxylic acid groups (broad SMARTS) is 1. The Hall–Kier alpha value is -0.820. The van der Waals surface area contributed by atoms with Crippen LogP contribution in [0.1, 0.15) is 6.42 Å². The predicted octanol–water partition coefficient (Wildman–Crippen LogP) is 0.972. The van der Waals surface area contributed by atoms with Crippen LogP contribution in [0.15, 0.2) is 0 Å². The molecule has 1 rings (SSSR count). The molecule has 1 aliphatic heterocycles. The average molecular weight is 241 g/mol. The predicted molar refractivity (Wildman–Crippen MR) is 49.1 cm³/mol. The molecule has 0 amide bonds. The van der Waals surface area contributed by atoms with Gasteiger partial charge in [0, 0.05) is 26.2 Å². The lowest BCUT2D eigenvalue weighted by molar-refractivity contribution is -0.174. The molecule has 0 aromatic heterocycles. The van der Waals surface area contributed by atoms with E-state index in [9.17, 15) is 18.0 Å². The second-order valence-electron chi connectivity index (χ2n) is 3.82. The molecule has 7 heteroatoms.